The Kier molecular flexibility index (Phi) is 3.14. The molecule has 0 bridgehead atoms. The van der Waals surface area contributed by atoms with Gasteiger partial charge in [-0.1, -0.05) is 30.3 Å². The third kappa shape index (κ3) is 2.50. The lowest BCUT2D eigenvalue weighted by Gasteiger charge is -2.29. The van der Waals surface area contributed by atoms with Gasteiger partial charge in [0.2, 0.25) is 0 Å². The first-order chi connectivity index (χ1) is 8.88. The van der Waals surface area contributed by atoms with Crippen LogP contribution in [0.1, 0.15) is 12.0 Å². The van der Waals surface area contributed by atoms with Crippen LogP contribution in [0.3, 0.4) is 0 Å². The van der Waals surface area contributed by atoms with Crippen molar-refractivity contribution in [2.75, 3.05) is 6.54 Å². The number of benzene rings is 1. The largest absolute Gasteiger partial charge is 0.465 e. The number of alkyl halides is 2. The lowest BCUT2D eigenvalue weighted by atomic mass is 9.89. The van der Waals surface area contributed by atoms with E-state index >= 15 is 0 Å². The molecule has 1 N–H and O–H groups in total. The topological polar surface area (TPSA) is 64.3 Å². The Labute approximate surface area is 108 Å². The summed E-state index contributed by atoms with van der Waals surface area (Å²) in [6.07, 6.45) is -2.29. The summed E-state index contributed by atoms with van der Waals surface area (Å²) in [7, 11) is 0. The molecule has 0 saturated carbocycles. The lowest BCUT2D eigenvalue weighted by molar-refractivity contribution is 0.0122. The van der Waals surface area contributed by atoms with Crippen LogP contribution in [0.2, 0.25) is 0 Å². The van der Waals surface area contributed by atoms with E-state index in [-0.39, 0.29) is 6.42 Å². The second-order valence-electron chi connectivity index (χ2n) is 4.71. The van der Waals surface area contributed by atoms with E-state index in [2.05, 4.69) is 0 Å². The number of carbonyl (C=O) groups is 1. The van der Waals surface area contributed by atoms with Crippen LogP contribution in [-0.2, 0) is 6.42 Å². The minimum absolute atomic E-state index is 0.0355. The molecule has 0 unspecified atom stereocenters. The normalized spacial score (nSPS) is 25.0. The van der Waals surface area contributed by atoms with Gasteiger partial charge < -0.3 is 5.11 Å². The van der Waals surface area contributed by atoms with E-state index in [9.17, 15) is 18.8 Å². The Balaban J connectivity index is 2.36. The van der Waals surface area contributed by atoms with Gasteiger partial charge in [-0.15, -0.1) is 0 Å². The van der Waals surface area contributed by atoms with E-state index in [1.54, 1.807) is 36.4 Å². The Morgan fingerprint density at radius 1 is 1.42 bits per heavy atom. The first-order valence-electron chi connectivity index (χ1n) is 5.72. The van der Waals surface area contributed by atoms with Gasteiger partial charge in [0, 0.05) is 6.42 Å². The van der Waals surface area contributed by atoms with Crippen LogP contribution in [0.25, 0.3) is 0 Å². The maximum atomic E-state index is 13.5. The quantitative estimate of drug-likeness (QED) is 0.894. The molecule has 0 aliphatic carbocycles. The van der Waals surface area contributed by atoms with Crippen LogP contribution in [0.4, 0.5) is 13.6 Å². The monoisotopic (exact) mass is 266 g/mol. The minimum Gasteiger partial charge on any atom is -0.465 e. The molecule has 1 aliphatic rings. The number of halogens is 2. The molecule has 1 saturated heterocycles. The molecule has 0 spiro atoms. The van der Waals surface area contributed by atoms with E-state index < -0.39 is 30.5 Å². The fourth-order valence-corrected chi connectivity index (χ4v) is 2.44. The molecule has 2 rings (SSSR count). The predicted molar refractivity (Wildman–Crippen MR) is 62.8 cm³/mol. The highest BCUT2D eigenvalue weighted by Crippen LogP contribution is 2.41. The van der Waals surface area contributed by atoms with Crippen molar-refractivity contribution in [1.82, 2.24) is 4.90 Å². The van der Waals surface area contributed by atoms with Crippen LogP contribution >= 0.6 is 0 Å². The van der Waals surface area contributed by atoms with Gasteiger partial charge in [-0.2, -0.15) is 5.26 Å². The first kappa shape index (κ1) is 13.3. The number of carboxylic acid groups (broad SMARTS) is 1. The van der Waals surface area contributed by atoms with Crippen LogP contribution in [-0.4, -0.2) is 34.1 Å². The fraction of sp³-hybridized carbons (Fsp3) is 0.385. The molecule has 1 aromatic carbocycles. The van der Waals surface area contributed by atoms with Gasteiger partial charge in [-0.25, -0.2) is 13.6 Å². The number of nitriles is 1. The van der Waals surface area contributed by atoms with Crippen molar-refractivity contribution < 1.29 is 18.7 Å². The standard InChI is InChI=1S/C13H12F2N2O2/c14-13(15)7-12(8-16,17(9-13)11(18)19)6-10-4-2-1-3-5-10/h1-5H,6-7,9H2,(H,18,19)/t12-/m0/s1. The van der Waals surface area contributed by atoms with E-state index in [1.807, 2.05) is 0 Å². The summed E-state index contributed by atoms with van der Waals surface area (Å²) in [6, 6.07) is 10.4. The SMILES string of the molecule is N#C[C@]1(Cc2ccccc2)CC(F)(F)CN1C(=O)O. The molecule has 1 heterocycles. The van der Waals surface area contributed by atoms with Crippen LogP contribution in [0, 0.1) is 11.3 Å². The van der Waals surface area contributed by atoms with E-state index in [4.69, 9.17) is 5.11 Å². The lowest BCUT2D eigenvalue weighted by Crippen LogP contribution is -2.47. The molecule has 1 aliphatic heterocycles. The molecule has 1 atom stereocenters. The molecule has 1 amide bonds. The zero-order valence-corrected chi connectivity index (χ0v) is 10.0. The van der Waals surface area contributed by atoms with Gasteiger partial charge in [-0.05, 0) is 5.56 Å². The maximum absolute atomic E-state index is 13.5. The zero-order chi connectivity index (χ0) is 14.1. The maximum Gasteiger partial charge on any atom is 0.408 e. The predicted octanol–water partition coefficient (Wildman–Crippen LogP) is 2.51. The molecule has 19 heavy (non-hydrogen) atoms. The Hall–Kier alpha value is -2.16. The number of likely N-dealkylation sites (tertiary alicyclic amines) is 1. The van der Waals surface area contributed by atoms with Crippen LogP contribution in [0.15, 0.2) is 30.3 Å². The van der Waals surface area contributed by atoms with Gasteiger partial charge >= 0.3 is 6.09 Å². The summed E-state index contributed by atoms with van der Waals surface area (Å²) in [5, 5.41) is 18.3. The molecule has 100 valence electrons. The summed E-state index contributed by atoms with van der Waals surface area (Å²) in [5.74, 6) is -3.16. The first-order valence-corrected chi connectivity index (χ1v) is 5.72. The second kappa shape index (κ2) is 4.50. The van der Waals surface area contributed by atoms with E-state index in [0.29, 0.717) is 10.5 Å². The summed E-state index contributed by atoms with van der Waals surface area (Å²) >= 11 is 0. The van der Waals surface area contributed by atoms with Crippen molar-refractivity contribution in [3.63, 3.8) is 0 Å². The third-order valence-corrected chi connectivity index (χ3v) is 3.24. The van der Waals surface area contributed by atoms with E-state index in [0.717, 1.165) is 0 Å². The van der Waals surface area contributed by atoms with Crippen molar-refractivity contribution in [1.29, 1.82) is 5.26 Å². The molecule has 1 aromatic rings. The average Bonchev–Trinajstić information content (AvgIpc) is 2.63. The van der Waals surface area contributed by atoms with Crippen molar-refractivity contribution in [3.8, 4) is 6.07 Å². The highest BCUT2D eigenvalue weighted by atomic mass is 19.3. The van der Waals surface area contributed by atoms with Crippen molar-refractivity contribution in [2.45, 2.75) is 24.3 Å². The molecule has 0 radical (unpaired) electrons. The van der Waals surface area contributed by atoms with Crippen LogP contribution in [0.5, 0.6) is 0 Å². The summed E-state index contributed by atoms with van der Waals surface area (Å²) < 4.78 is 27.0. The Bertz CT molecular complexity index is 527. The summed E-state index contributed by atoms with van der Waals surface area (Å²) in [4.78, 5) is 11.7. The van der Waals surface area contributed by atoms with E-state index in [1.165, 1.54) is 0 Å². The van der Waals surface area contributed by atoms with Crippen molar-refractivity contribution >= 4 is 6.09 Å². The van der Waals surface area contributed by atoms with Gasteiger partial charge in [0.05, 0.1) is 19.0 Å². The minimum atomic E-state index is -3.16. The second-order valence-corrected chi connectivity index (χ2v) is 4.71. The van der Waals surface area contributed by atoms with Crippen molar-refractivity contribution in [2.24, 2.45) is 0 Å². The highest BCUT2D eigenvalue weighted by molar-refractivity contribution is 5.68. The van der Waals surface area contributed by atoms with Gasteiger partial charge in [0.15, 0.2) is 0 Å². The van der Waals surface area contributed by atoms with Crippen molar-refractivity contribution in [3.05, 3.63) is 35.9 Å². The molecular formula is C13H12F2N2O2. The van der Waals surface area contributed by atoms with Gasteiger partial charge in [0.25, 0.3) is 5.92 Å². The number of nitrogens with zero attached hydrogens (tertiary/aromatic N) is 2. The third-order valence-electron chi connectivity index (χ3n) is 3.24. The number of hydrogen-bond acceptors (Lipinski definition) is 2. The van der Waals surface area contributed by atoms with Gasteiger partial charge in [0.1, 0.15) is 5.54 Å². The summed E-state index contributed by atoms with van der Waals surface area (Å²) in [6.45, 7) is -0.928. The molecule has 4 nitrogen and oxygen atoms in total. The van der Waals surface area contributed by atoms with Gasteiger partial charge in [-0.3, -0.25) is 4.90 Å². The fourth-order valence-electron chi connectivity index (χ4n) is 2.44. The molecule has 0 aromatic heterocycles. The number of amides is 1. The molecular weight excluding hydrogens is 254 g/mol. The highest BCUT2D eigenvalue weighted by Gasteiger charge is 2.57. The smallest absolute Gasteiger partial charge is 0.408 e. The Morgan fingerprint density at radius 2 is 2.05 bits per heavy atom. The summed E-state index contributed by atoms with van der Waals surface area (Å²) in [5.41, 5.74) is -1.04. The molecule has 6 heteroatoms. The average molecular weight is 266 g/mol. The number of hydrogen-bond donors (Lipinski definition) is 1. The molecule has 1 fully saturated rings. The van der Waals surface area contributed by atoms with Crippen LogP contribution < -0.4 is 0 Å². The number of rotatable bonds is 2. The Morgan fingerprint density at radius 3 is 2.58 bits per heavy atom. The zero-order valence-electron chi connectivity index (χ0n) is 10.0.